The second kappa shape index (κ2) is 5.03. The van der Waals surface area contributed by atoms with Gasteiger partial charge in [-0.25, -0.2) is 9.18 Å². The van der Waals surface area contributed by atoms with E-state index in [1.165, 1.54) is 24.1 Å². The molecule has 96 valence electrons. The monoisotopic (exact) mass is 252 g/mol. The highest BCUT2D eigenvalue weighted by Gasteiger charge is 2.37. The van der Waals surface area contributed by atoms with Gasteiger partial charge in [0.1, 0.15) is 18.5 Å². The van der Waals surface area contributed by atoms with Gasteiger partial charge < -0.3 is 10.1 Å². The van der Waals surface area contributed by atoms with Crippen molar-refractivity contribution in [2.75, 3.05) is 13.7 Å². The first-order valence-electron chi connectivity index (χ1n) is 5.51. The summed E-state index contributed by atoms with van der Waals surface area (Å²) in [6.07, 6.45) is -0.534. The largest absolute Gasteiger partial charge is 0.447 e. The molecule has 18 heavy (non-hydrogen) atoms. The molecule has 1 atom stereocenters. The fraction of sp³-hybridized carbons (Fsp3) is 0.333. The molecule has 1 fully saturated rings. The van der Waals surface area contributed by atoms with Crippen molar-refractivity contribution in [3.8, 4) is 0 Å². The second-order valence-corrected chi connectivity index (χ2v) is 3.96. The predicted octanol–water partition coefficient (Wildman–Crippen LogP) is 0.892. The number of nitrogens with one attached hydrogen (secondary N) is 1. The van der Waals surface area contributed by atoms with Crippen molar-refractivity contribution in [1.29, 1.82) is 0 Å². The van der Waals surface area contributed by atoms with Gasteiger partial charge in [0.25, 0.3) is 0 Å². The van der Waals surface area contributed by atoms with Crippen molar-refractivity contribution in [3.63, 3.8) is 0 Å². The van der Waals surface area contributed by atoms with Gasteiger partial charge in [-0.1, -0.05) is 12.1 Å². The Morgan fingerprint density at radius 3 is 2.78 bits per heavy atom. The van der Waals surface area contributed by atoms with Crippen molar-refractivity contribution < 1.29 is 18.7 Å². The lowest BCUT2D eigenvalue weighted by Crippen LogP contribution is -2.44. The van der Waals surface area contributed by atoms with E-state index in [0.29, 0.717) is 0 Å². The van der Waals surface area contributed by atoms with Crippen molar-refractivity contribution in [3.05, 3.63) is 35.6 Å². The third kappa shape index (κ3) is 2.42. The first kappa shape index (κ1) is 12.3. The van der Waals surface area contributed by atoms with E-state index >= 15 is 0 Å². The van der Waals surface area contributed by atoms with E-state index in [4.69, 9.17) is 4.74 Å². The molecule has 5 nitrogen and oxygen atoms in total. The first-order chi connectivity index (χ1) is 8.61. The standard InChI is InChI=1S/C12H13FN2O3/c1-14-11(16)10-7-18-12(17)15(10)6-8-2-4-9(13)5-3-8/h2-5,10H,6-7H2,1H3,(H,14,16)/t10-/m0/s1. The Balaban J connectivity index is 2.12. The van der Waals surface area contributed by atoms with Crippen molar-refractivity contribution in [2.45, 2.75) is 12.6 Å². The van der Waals surface area contributed by atoms with E-state index in [-0.39, 0.29) is 24.9 Å². The Kier molecular flexibility index (Phi) is 3.45. The van der Waals surface area contributed by atoms with Gasteiger partial charge in [-0.15, -0.1) is 0 Å². The summed E-state index contributed by atoms with van der Waals surface area (Å²) in [6, 6.07) is 5.13. The van der Waals surface area contributed by atoms with Gasteiger partial charge in [0, 0.05) is 7.05 Å². The fourth-order valence-electron chi connectivity index (χ4n) is 1.80. The molecule has 0 aliphatic carbocycles. The van der Waals surface area contributed by atoms with Gasteiger partial charge in [0.15, 0.2) is 0 Å². The lowest BCUT2D eigenvalue weighted by Gasteiger charge is -2.19. The number of likely N-dealkylation sites (N-methyl/N-ethyl adjacent to an activating group) is 1. The topological polar surface area (TPSA) is 58.6 Å². The van der Waals surface area contributed by atoms with Crippen LogP contribution in [0.5, 0.6) is 0 Å². The van der Waals surface area contributed by atoms with Crippen LogP contribution in [0.2, 0.25) is 0 Å². The molecule has 1 aliphatic heterocycles. The van der Waals surface area contributed by atoms with Gasteiger partial charge in [-0.05, 0) is 17.7 Å². The summed E-state index contributed by atoms with van der Waals surface area (Å²) in [5, 5.41) is 2.48. The smallest absolute Gasteiger partial charge is 0.410 e. The number of cyclic esters (lactones) is 1. The highest BCUT2D eigenvalue weighted by atomic mass is 19.1. The predicted molar refractivity (Wildman–Crippen MR) is 61.1 cm³/mol. The molecule has 6 heteroatoms. The van der Waals surface area contributed by atoms with Crippen LogP contribution in [0.4, 0.5) is 9.18 Å². The number of benzene rings is 1. The highest BCUT2D eigenvalue weighted by Crippen LogP contribution is 2.17. The molecule has 1 aromatic rings. The number of ether oxygens (including phenoxy) is 1. The zero-order valence-corrected chi connectivity index (χ0v) is 9.85. The lowest BCUT2D eigenvalue weighted by molar-refractivity contribution is -0.124. The Labute approximate surface area is 104 Å². The van der Waals surface area contributed by atoms with Crippen LogP contribution in [-0.2, 0) is 16.1 Å². The normalized spacial score (nSPS) is 18.7. The molecule has 0 bridgehead atoms. The number of halogens is 1. The fourth-order valence-corrected chi connectivity index (χ4v) is 1.80. The quantitative estimate of drug-likeness (QED) is 0.869. The van der Waals surface area contributed by atoms with Crippen LogP contribution in [0.3, 0.4) is 0 Å². The minimum Gasteiger partial charge on any atom is -0.447 e. The number of hydrogen-bond acceptors (Lipinski definition) is 3. The molecule has 1 aliphatic rings. The van der Waals surface area contributed by atoms with Gasteiger partial charge >= 0.3 is 6.09 Å². The maximum absolute atomic E-state index is 12.8. The van der Waals surface area contributed by atoms with Crippen LogP contribution >= 0.6 is 0 Å². The van der Waals surface area contributed by atoms with E-state index in [2.05, 4.69) is 5.32 Å². The van der Waals surface area contributed by atoms with E-state index in [1.807, 2.05) is 0 Å². The molecule has 0 aromatic heterocycles. The first-order valence-corrected chi connectivity index (χ1v) is 5.51. The number of rotatable bonds is 3. The number of nitrogens with zero attached hydrogens (tertiary/aromatic N) is 1. The zero-order chi connectivity index (χ0) is 13.1. The van der Waals surface area contributed by atoms with E-state index < -0.39 is 12.1 Å². The molecule has 1 saturated heterocycles. The maximum Gasteiger partial charge on any atom is 0.410 e. The van der Waals surface area contributed by atoms with E-state index in [1.54, 1.807) is 12.1 Å². The zero-order valence-electron chi connectivity index (χ0n) is 9.85. The Morgan fingerprint density at radius 2 is 2.17 bits per heavy atom. The van der Waals surface area contributed by atoms with Crippen LogP contribution in [0.1, 0.15) is 5.56 Å². The lowest BCUT2D eigenvalue weighted by atomic mass is 10.2. The Hall–Kier alpha value is -2.11. The molecule has 0 saturated carbocycles. The number of hydrogen-bond donors (Lipinski definition) is 1. The summed E-state index contributed by atoms with van der Waals surface area (Å²) in [6.45, 7) is 0.261. The van der Waals surface area contributed by atoms with Gasteiger partial charge in [0.05, 0.1) is 6.54 Å². The van der Waals surface area contributed by atoms with Crippen LogP contribution in [0.15, 0.2) is 24.3 Å². The molecule has 0 radical (unpaired) electrons. The number of carbonyl (C=O) groups is 2. The summed E-state index contributed by atoms with van der Waals surface area (Å²) in [5.41, 5.74) is 0.740. The molecule has 1 heterocycles. The summed E-state index contributed by atoms with van der Waals surface area (Å²) in [4.78, 5) is 24.4. The summed E-state index contributed by atoms with van der Waals surface area (Å²) in [7, 11) is 1.50. The second-order valence-electron chi connectivity index (χ2n) is 3.96. The SMILES string of the molecule is CNC(=O)[C@@H]1COC(=O)N1Cc1ccc(F)cc1. The van der Waals surface area contributed by atoms with Crippen LogP contribution in [0.25, 0.3) is 0 Å². The van der Waals surface area contributed by atoms with Gasteiger partial charge in [0.2, 0.25) is 5.91 Å². The third-order valence-electron chi connectivity index (χ3n) is 2.79. The minimum atomic E-state index is -0.632. The summed E-state index contributed by atoms with van der Waals surface area (Å²) in [5.74, 6) is -0.617. The molecule has 1 aromatic carbocycles. The van der Waals surface area contributed by atoms with Crippen LogP contribution in [0, 0.1) is 5.82 Å². The highest BCUT2D eigenvalue weighted by molar-refractivity contribution is 5.87. The van der Waals surface area contributed by atoms with Crippen LogP contribution < -0.4 is 5.32 Å². The molecule has 0 unspecified atom stereocenters. The molecular weight excluding hydrogens is 239 g/mol. The maximum atomic E-state index is 12.8. The molecule has 0 spiro atoms. The molecule has 2 amide bonds. The summed E-state index contributed by atoms with van der Waals surface area (Å²) < 4.78 is 17.6. The van der Waals surface area contributed by atoms with E-state index in [0.717, 1.165) is 5.56 Å². The van der Waals surface area contributed by atoms with Crippen molar-refractivity contribution in [1.82, 2.24) is 10.2 Å². The van der Waals surface area contributed by atoms with Crippen molar-refractivity contribution in [2.24, 2.45) is 0 Å². The van der Waals surface area contributed by atoms with Gasteiger partial charge in [-0.3, -0.25) is 9.69 Å². The van der Waals surface area contributed by atoms with Crippen LogP contribution in [-0.4, -0.2) is 36.6 Å². The summed E-state index contributed by atoms with van der Waals surface area (Å²) >= 11 is 0. The van der Waals surface area contributed by atoms with E-state index in [9.17, 15) is 14.0 Å². The molecular formula is C12H13FN2O3. The average molecular weight is 252 g/mol. The average Bonchev–Trinajstić information content (AvgIpc) is 2.73. The van der Waals surface area contributed by atoms with Crippen molar-refractivity contribution >= 4 is 12.0 Å². The number of carbonyl (C=O) groups excluding carboxylic acids is 2. The number of amides is 2. The molecule has 1 N–H and O–H groups in total. The third-order valence-corrected chi connectivity index (χ3v) is 2.79. The molecule has 2 rings (SSSR count). The minimum absolute atomic E-state index is 0.0414. The Morgan fingerprint density at radius 1 is 1.50 bits per heavy atom. The van der Waals surface area contributed by atoms with Gasteiger partial charge in [-0.2, -0.15) is 0 Å². The Bertz CT molecular complexity index is 461.